The molecule has 1 rings (SSSR count). The van der Waals surface area contributed by atoms with Gasteiger partial charge in [-0.05, 0) is 38.1 Å². The smallest absolute Gasteiger partial charge is 0.122 e. The molecular formula is C13H21NO2. The van der Waals surface area contributed by atoms with Crippen molar-refractivity contribution < 1.29 is 9.84 Å². The van der Waals surface area contributed by atoms with Crippen LogP contribution in [0.5, 0.6) is 5.75 Å². The predicted molar refractivity (Wildman–Crippen MR) is 66.2 cm³/mol. The number of aryl methyl sites for hydroxylation is 2. The zero-order valence-electron chi connectivity index (χ0n) is 10.5. The third kappa shape index (κ3) is 2.74. The van der Waals surface area contributed by atoms with Crippen molar-refractivity contribution in [1.29, 1.82) is 0 Å². The number of aliphatic hydroxyl groups is 1. The Labute approximate surface area is 97.4 Å². The van der Waals surface area contributed by atoms with Gasteiger partial charge in [-0.15, -0.1) is 0 Å². The van der Waals surface area contributed by atoms with Gasteiger partial charge in [0, 0.05) is 18.0 Å². The van der Waals surface area contributed by atoms with Crippen molar-refractivity contribution in [3.05, 3.63) is 28.8 Å². The topological polar surface area (TPSA) is 41.5 Å². The lowest BCUT2D eigenvalue weighted by atomic mass is 9.95. The Morgan fingerprint density at radius 3 is 2.44 bits per heavy atom. The van der Waals surface area contributed by atoms with Gasteiger partial charge >= 0.3 is 0 Å². The van der Waals surface area contributed by atoms with E-state index in [-0.39, 0.29) is 12.5 Å². The Kier molecular flexibility index (Phi) is 4.77. The molecule has 0 aliphatic carbocycles. The van der Waals surface area contributed by atoms with Gasteiger partial charge in [0.1, 0.15) is 5.75 Å². The number of hydrogen-bond acceptors (Lipinski definition) is 3. The van der Waals surface area contributed by atoms with Crippen LogP contribution in [0.1, 0.15) is 22.6 Å². The third-order valence-electron chi connectivity index (χ3n) is 2.96. The van der Waals surface area contributed by atoms with Crippen LogP contribution in [0, 0.1) is 13.8 Å². The van der Waals surface area contributed by atoms with E-state index >= 15 is 0 Å². The van der Waals surface area contributed by atoms with Gasteiger partial charge < -0.3 is 15.2 Å². The summed E-state index contributed by atoms with van der Waals surface area (Å²) in [6, 6.07) is 4.13. The Balaban J connectivity index is 3.13. The highest BCUT2D eigenvalue weighted by molar-refractivity contribution is 5.44. The first-order valence-electron chi connectivity index (χ1n) is 5.54. The van der Waals surface area contributed by atoms with E-state index in [0.717, 1.165) is 17.9 Å². The molecule has 2 N–H and O–H groups in total. The third-order valence-corrected chi connectivity index (χ3v) is 2.96. The minimum atomic E-state index is 0.0826. The van der Waals surface area contributed by atoms with Crippen molar-refractivity contribution in [2.24, 2.45) is 0 Å². The zero-order chi connectivity index (χ0) is 12.1. The molecule has 0 heterocycles. The second-order valence-electron chi connectivity index (χ2n) is 4.12. The Bertz CT molecular complexity index is 350. The highest BCUT2D eigenvalue weighted by atomic mass is 16.5. The Hall–Kier alpha value is -1.06. The maximum atomic E-state index is 9.40. The van der Waals surface area contributed by atoms with E-state index in [1.807, 2.05) is 13.1 Å². The van der Waals surface area contributed by atoms with Gasteiger partial charge in [-0.2, -0.15) is 0 Å². The second kappa shape index (κ2) is 5.87. The van der Waals surface area contributed by atoms with E-state index < -0.39 is 0 Å². The molecular weight excluding hydrogens is 202 g/mol. The zero-order valence-corrected chi connectivity index (χ0v) is 10.5. The highest BCUT2D eigenvalue weighted by Crippen LogP contribution is 2.29. The summed E-state index contributed by atoms with van der Waals surface area (Å²) < 4.78 is 5.37. The first kappa shape index (κ1) is 13.0. The predicted octanol–water partition coefficient (Wildman–Crippen LogP) is 1.61. The van der Waals surface area contributed by atoms with Crippen molar-refractivity contribution in [3.63, 3.8) is 0 Å². The van der Waals surface area contributed by atoms with Crippen LogP contribution in [0.15, 0.2) is 12.1 Å². The van der Waals surface area contributed by atoms with Gasteiger partial charge in [-0.25, -0.2) is 0 Å². The van der Waals surface area contributed by atoms with E-state index in [1.54, 1.807) is 7.11 Å². The lowest BCUT2D eigenvalue weighted by Crippen LogP contribution is -2.20. The minimum absolute atomic E-state index is 0.0826. The van der Waals surface area contributed by atoms with Gasteiger partial charge in [0.15, 0.2) is 0 Å². The van der Waals surface area contributed by atoms with Crippen molar-refractivity contribution in [2.45, 2.75) is 19.8 Å². The monoisotopic (exact) mass is 223 g/mol. The van der Waals surface area contributed by atoms with Gasteiger partial charge in [0.05, 0.1) is 13.7 Å². The van der Waals surface area contributed by atoms with Gasteiger partial charge in [0.25, 0.3) is 0 Å². The molecule has 1 aromatic rings. The van der Waals surface area contributed by atoms with E-state index in [1.165, 1.54) is 11.1 Å². The average molecular weight is 223 g/mol. The normalized spacial score (nSPS) is 12.6. The van der Waals surface area contributed by atoms with Crippen LogP contribution in [0.3, 0.4) is 0 Å². The fraction of sp³-hybridized carbons (Fsp3) is 0.538. The average Bonchev–Trinajstić information content (AvgIpc) is 2.29. The summed E-state index contributed by atoms with van der Waals surface area (Å²) >= 11 is 0. The van der Waals surface area contributed by atoms with Crippen molar-refractivity contribution in [3.8, 4) is 5.75 Å². The molecule has 1 unspecified atom stereocenters. The summed E-state index contributed by atoms with van der Waals surface area (Å²) in [5.41, 5.74) is 3.51. The number of nitrogens with one attached hydrogen (secondary N) is 1. The molecule has 16 heavy (non-hydrogen) atoms. The number of rotatable bonds is 5. The summed E-state index contributed by atoms with van der Waals surface area (Å²) in [4.78, 5) is 0. The molecule has 0 spiro atoms. The lowest BCUT2D eigenvalue weighted by molar-refractivity contribution is 0.260. The number of likely N-dealkylation sites (N-methyl/N-ethyl adjacent to an activating group) is 1. The summed E-state index contributed by atoms with van der Waals surface area (Å²) in [7, 11) is 3.55. The van der Waals surface area contributed by atoms with Crippen LogP contribution in [-0.2, 0) is 0 Å². The first-order chi connectivity index (χ1) is 7.63. The minimum Gasteiger partial charge on any atom is -0.496 e. The van der Waals surface area contributed by atoms with Crippen molar-refractivity contribution >= 4 is 0 Å². The van der Waals surface area contributed by atoms with E-state index in [2.05, 4.69) is 25.2 Å². The summed E-state index contributed by atoms with van der Waals surface area (Å²) in [6.45, 7) is 5.01. The van der Waals surface area contributed by atoms with Crippen LogP contribution in [0.4, 0.5) is 0 Å². The van der Waals surface area contributed by atoms with Crippen LogP contribution < -0.4 is 10.1 Å². The molecule has 1 atom stereocenters. The number of methoxy groups -OCH3 is 1. The van der Waals surface area contributed by atoms with E-state index in [0.29, 0.717) is 0 Å². The molecule has 3 nitrogen and oxygen atoms in total. The first-order valence-corrected chi connectivity index (χ1v) is 5.54. The standard InChI is InChI=1S/C13H21NO2/c1-9-5-12(11(8-15)7-14-3)13(16-4)6-10(9)2/h5-6,11,14-15H,7-8H2,1-4H3. The molecule has 0 aliphatic heterocycles. The Morgan fingerprint density at radius 1 is 1.31 bits per heavy atom. The second-order valence-corrected chi connectivity index (χ2v) is 4.12. The largest absolute Gasteiger partial charge is 0.496 e. The fourth-order valence-electron chi connectivity index (χ4n) is 1.83. The molecule has 90 valence electrons. The Morgan fingerprint density at radius 2 is 1.94 bits per heavy atom. The maximum Gasteiger partial charge on any atom is 0.122 e. The molecule has 0 saturated heterocycles. The van der Waals surface area contributed by atoms with E-state index in [4.69, 9.17) is 4.74 Å². The molecule has 0 aliphatic rings. The SMILES string of the molecule is CNCC(CO)c1cc(C)c(C)cc1OC. The van der Waals surface area contributed by atoms with Crippen LogP contribution in [0.25, 0.3) is 0 Å². The van der Waals surface area contributed by atoms with Crippen molar-refractivity contribution in [1.82, 2.24) is 5.32 Å². The van der Waals surface area contributed by atoms with Gasteiger partial charge in [-0.3, -0.25) is 0 Å². The molecule has 0 bridgehead atoms. The summed E-state index contributed by atoms with van der Waals surface area (Å²) in [5.74, 6) is 0.941. The highest BCUT2D eigenvalue weighted by Gasteiger charge is 2.15. The van der Waals surface area contributed by atoms with Crippen LogP contribution in [0.2, 0.25) is 0 Å². The molecule has 0 amide bonds. The molecule has 3 heteroatoms. The molecule has 0 radical (unpaired) electrons. The maximum absolute atomic E-state index is 9.40. The summed E-state index contributed by atoms with van der Waals surface area (Å²) in [6.07, 6.45) is 0. The summed E-state index contributed by atoms with van der Waals surface area (Å²) in [5, 5.41) is 12.5. The molecule has 0 fully saturated rings. The fourth-order valence-corrected chi connectivity index (χ4v) is 1.83. The van der Waals surface area contributed by atoms with Gasteiger partial charge in [-0.1, -0.05) is 6.07 Å². The van der Waals surface area contributed by atoms with Crippen molar-refractivity contribution in [2.75, 3.05) is 27.3 Å². The molecule has 0 aromatic heterocycles. The number of benzene rings is 1. The van der Waals surface area contributed by atoms with E-state index in [9.17, 15) is 5.11 Å². The van der Waals surface area contributed by atoms with Gasteiger partial charge in [0.2, 0.25) is 0 Å². The number of hydrogen-bond donors (Lipinski definition) is 2. The molecule has 0 saturated carbocycles. The lowest BCUT2D eigenvalue weighted by Gasteiger charge is -2.19. The molecule has 1 aromatic carbocycles. The number of ether oxygens (including phenoxy) is 1. The number of aliphatic hydroxyl groups excluding tert-OH is 1. The van der Waals surface area contributed by atoms with Crippen LogP contribution >= 0.6 is 0 Å². The van der Waals surface area contributed by atoms with Crippen LogP contribution in [-0.4, -0.2) is 32.4 Å². The quantitative estimate of drug-likeness (QED) is 0.797.